The molecule has 1 amide bonds. The molecule has 2 N–H and O–H groups in total. The predicted molar refractivity (Wildman–Crippen MR) is 76.4 cm³/mol. The number of carbonyl (C=O) groups is 1. The molecule has 1 aliphatic rings. The van der Waals surface area contributed by atoms with Crippen molar-refractivity contribution in [3.8, 4) is 5.75 Å². The van der Waals surface area contributed by atoms with Gasteiger partial charge in [-0.2, -0.15) is 0 Å². The van der Waals surface area contributed by atoms with Gasteiger partial charge in [0.15, 0.2) is 0 Å². The van der Waals surface area contributed by atoms with Crippen molar-refractivity contribution in [2.24, 2.45) is 0 Å². The topological polar surface area (TPSA) is 58.6 Å². The van der Waals surface area contributed by atoms with Gasteiger partial charge in [0.1, 0.15) is 5.75 Å². The summed E-state index contributed by atoms with van der Waals surface area (Å²) in [5.74, 6) is 0.516. The Morgan fingerprint density at radius 2 is 2.26 bits per heavy atom. The van der Waals surface area contributed by atoms with Crippen LogP contribution in [0.3, 0.4) is 0 Å². The van der Waals surface area contributed by atoms with Crippen LogP contribution < -0.4 is 10.1 Å². The summed E-state index contributed by atoms with van der Waals surface area (Å²) in [4.78, 5) is 12.2. The molecule has 0 spiro atoms. The number of hydrogen-bond donors (Lipinski definition) is 2. The van der Waals surface area contributed by atoms with E-state index in [0.29, 0.717) is 17.7 Å². The van der Waals surface area contributed by atoms with E-state index in [4.69, 9.17) is 4.74 Å². The molecular weight excluding hydrogens is 310 g/mol. The summed E-state index contributed by atoms with van der Waals surface area (Å²) >= 11 is 3.37. The van der Waals surface area contributed by atoms with Gasteiger partial charge in [0.25, 0.3) is 5.91 Å². The summed E-state index contributed by atoms with van der Waals surface area (Å²) < 4.78 is 5.86. The molecule has 2 atom stereocenters. The van der Waals surface area contributed by atoms with Crippen molar-refractivity contribution in [2.45, 2.75) is 37.8 Å². The van der Waals surface area contributed by atoms with Gasteiger partial charge in [-0.15, -0.1) is 0 Å². The number of aliphatic hydroxyl groups excluding tert-OH is 1. The number of amides is 1. The fourth-order valence-corrected chi connectivity index (χ4v) is 2.79. The molecule has 5 heteroatoms. The van der Waals surface area contributed by atoms with Crippen molar-refractivity contribution in [1.29, 1.82) is 0 Å². The third-order valence-electron chi connectivity index (χ3n) is 3.40. The van der Waals surface area contributed by atoms with Crippen LogP contribution in [0.4, 0.5) is 0 Å². The molecule has 1 aromatic carbocycles. The first kappa shape index (κ1) is 14.3. The highest BCUT2D eigenvalue weighted by Crippen LogP contribution is 2.24. The summed E-state index contributed by atoms with van der Waals surface area (Å²) in [5, 5.41) is 12.6. The van der Waals surface area contributed by atoms with Crippen LogP contribution in [-0.2, 0) is 0 Å². The number of rotatable bonds is 3. The van der Waals surface area contributed by atoms with Crippen LogP contribution >= 0.6 is 15.9 Å². The summed E-state index contributed by atoms with van der Waals surface area (Å²) in [7, 11) is 1.57. The highest BCUT2D eigenvalue weighted by atomic mass is 79.9. The molecule has 1 aliphatic carbocycles. The van der Waals surface area contributed by atoms with Crippen molar-refractivity contribution in [3.05, 3.63) is 28.2 Å². The van der Waals surface area contributed by atoms with Gasteiger partial charge in [-0.05, 0) is 59.8 Å². The second-order valence-electron chi connectivity index (χ2n) is 4.84. The van der Waals surface area contributed by atoms with Gasteiger partial charge in [0.2, 0.25) is 0 Å². The molecule has 0 radical (unpaired) electrons. The number of aliphatic hydroxyl groups is 1. The average molecular weight is 328 g/mol. The SMILES string of the molecule is COc1ccc(Br)c(C(=O)NC2CCCC(O)C2)c1. The Hall–Kier alpha value is -1.07. The maximum absolute atomic E-state index is 12.2. The number of benzene rings is 1. The standard InChI is InChI=1S/C14H18BrNO3/c1-19-11-5-6-13(15)12(8-11)14(18)16-9-3-2-4-10(17)7-9/h5-6,8-10,17H,2-4,7H2,1H3,(H,16,18). The number of hydrogen-bond acceptors (Lipinski definition) is 3. The van der Waals surface area contributed by atoms with E-state index < -0.39 is 0 Å². The number of carbonyl (C=O) groups excluding carboxylic acids is 1. The number of methoxy groups -OCH3 is 1. The molecule has 104 valence electrons. The Labute approximate surface area is 121 Å². The van der Waals surface area contributed by atoms with E-state index in [1.165, 1.54) is 0 Å². The third kappa shape index (κ3) is 3.70. The van der Waals surface area contributed by atoms with E-state index in [2.05, 4.69) is 21.2 Å². The van der Waals surface area contributed by atoms with E-state index in [-0.39, 0.29) is 18.1 Å². The van der Waals surface area contributed by atoms with Crippen molar-refractivity contribution >= 4 is 21.8 Å². The van der Waals surface area contributed by atoms with Gasteiger partial charge < -0.3 is 15.2 Å². The quantitative estimate of drug-likeness (QED) is 0.896. The molecule has 0 heterocycles. The maximum Gasteiger partial charge on any atom is 0.252 e. The molecular formula is C14H18BrNO3. The van der Waals surface area contributed by atoms with Gasteiger partial charge in [-0.3, -0.25) is 4.79 Å². The van der Waals surface area contributed by atoms with Crippen LogP contribution in [0, 0.1) is 0 Å². The Balaban J connectivity index is 2.06. The van der Waals surface area contributed by atoms with Gasteiger partial charge in [-0.1, -0.05) is 0 Å². The molecule has 1 fully saturated rings. The first-order valence-electron chi connectivity index (χ1n) is 6.42. The van der Waals surface area contributed by atoms with E-state index in [0.717, 1.165) is 23.7 Å². The second-order valence-corrected chi connectivity index (χ2v) is 5.69. The zero-order valence-corrected chi connectivity index (χ0v) is 12.4. The van der Waals surface area contributed by atoms with E-state index >= 15 is 0 Å². The maximum atomic E-state index is 12.2. The molecule has 4 nitrogen and oxygen atoms in total. The smallest absolute Gasteiger partial charge is 0.252 e. The molecule has 1 saturated carbocycles. The Morgan fingerprint density at radius 3 is 2.95 bits per heavy atom. The van der Waals surface area contributed by atoms with Crippen LogP contribution in [0.1, 0.15) is 36.0 Å². The zero-order valence-electron chi connectivity index (χ0n) is 10.9. The monoisotopic (exact) mass is 327 g/mol. The molecule has 2 rings (SSSR count). The fraction of sp³-hybridized carbons (Fsp3) is 0.500. The van der Waals surface area contributed by atoms with E-state index in [1.807, 2.05) is 0 Å². The predicted octanol–water partition coefficient (Wildman–Crippen LogP) is 2.49. The zero-order chi connectivity index (χ0) is 13.8. The van der Waals surface area contributed by atoms with Gasteiger partial charge in [0.05, 0.1) is 18.8 Å². The first-order valence-corrected chi connectivity index (χ1v) is 7.22. The van der Waals surface area contributed by atoms with Crippen LogP contribution in [0.15, 0.2) is 22.7 Å². The molecule has 1 aromatic rings. The Bertz CT molecular complexity index is 464. The van der Waals surface area contributed by atoms with Crippen LogP contribution in [0.5, 0.6) is 5.75 Å². The summed E-state index contributed by atoms with van der Waals surface area (Å²) in [6, 6.07) is 5.35. The third-order valence-corrected chi connectivity index (χ3v) is 4.09. The molecule has 19 heavy (non-hydrogen) atoms. The first-order chi connectivity index (χ1) is 9.10. The van der Waals surface area contributed by atoms with E-state index in [9.17, 15) is 9.90 Å². The van der Waals surface area contributed by atoms with Gasteiger partial charge >= 0.3 is 0 Å². The van der Waals surface area contributed by atoms with Crippen molar-refractivity contribution in [2.75, 3.05) is 7.11 Å². The lowest BCUT2D eigenvalue weighted by atomic mass is 9.93. The molecule has 0 aromatic heterocycles. The summed E-state index contributed by atoms with van der Waals surface area (Å²) in [5.41, 5.74) is 0.555. The Morgan fingerprint density at radius 1 is 1.47 bits per heavy atom. The van der Waals surface area contributed by atoms with Crippen LogP contribution in [0.25, 0.3) is 0 Å². The minimum Gasteiger partial charge on any atom is -0.497 e. The second kappa shape index (κ2) is 6.39. The Kier molecular flexibility index (Phi) is 4.82. The normalized spacial score (nSPS) is 22.9. The van der Waals surface area contributed by atoms with E-state index in [1.54, 1.807) is 25.3 Å². The fourth-order valence-electron chi connectivity index (χ4n) is 2.36. The van der Waals surface area contributed by atoms with Crippen LogP contribution in [0.2, 0.25) is 0 Å². The number of halogens is 1. The number of ether oxygens (including phenoxy) is 1. The molecule has 0 bridgehead atoms. The molecule has 2 unspecified atom stereocenters. The van der Waals surface area contributed by atoms with Crippen molar-refractivity contribution in [3.63, 3.8) is 0 Å². The highest BCUT2D eigenvalue weighted by Gasteiger charge is 2.22. The summed E-state index contributed by atoms with van der Waals surface area (Å²) in [6.07, 6.45) is 3.03. The minimum absolute atomic E-state index is 0.0503. The molecule has 0 saturated heterocycles. The van der Waals surface area contributed by atoms with Crippen molar-refractivity contribution < 1.29 is 14.6 Å². The lowest BCUT2D eigenvalue weighted by molar-refractivity contribution is 0.0849. The van der Waals surface area contributed by atoms with Crippen molar-refractivity contribution in [1.82, 2.24) is 5.32 Å². The largest absolute Gasteiger partial charge is 0.497 e. The van der Waals surface area contributed by atoms with Gasteiger partial charge in [-0.25, -0.2) is 0 Å². The minimum atomic E-state index is -0.298. The highest BCUT2D eigenvalue weighted by molar-refractivity contribution is 9.10. The summed E-state index contributed by atoms with van der Waals surface area (Å²) in [6.45, 7) is 0. The van der Waals surface area contributed by atoms with Gasteiger partial charge in [0, 0.05) is 10.5 Å². The molecule has 0 aliphatic heterocycles. The lowest BCUT2D eigenvalue weighted by Gasteiger charge is -2.26. The number of nitrogens with one attached hydrogen (secondary N) is 1. The van der Waals surface area contributed by atoms with Crippen LogP contribution in [-0.4, -0.2) is 30.3 Å². The average Bonchev–Trinajstić information content (AvgIpc) is 2.39. The lowest BCUT2D eigenvalue weighted by Crippen LogP contribution is -2.39.